The summed E-state index contributed by atoms with van der Waals surface area (Å²) in [5.41, 5.74) is 1.51. The predicted octanol–water partition coefficient (Wildman–Crippen LogP) is 4.92. The van der Waals surface area contributed by atoms with Crippen LogP contribution in [0.25, 0.3) is 0 Å². The fraction of sp³-hybridized carbons (Fsp3) is 0.0952. The quantitative estimate of drug-likeness (QED) is 0.569. The lowest BCUT2D eigenvalue weighted by Gasteiger charge is -2.21. The molecule has 0 atom stereocenters. The summed E-state index contributed by atoms with van der Waals surface area (Å²) in [5.74, 6) is -0.255. The van der Waals surface area contributed by atoms with Gasteiger partial charge in [0.1, 0.15) is 0 Å². The van der Waals surface area contributed by atoms with E-state index in [-0.39, 0.29) is 10.8 Å². The molecule has 0 saturated carbocycles. The van der Waals surface area contributed by atoms with Crippen LogP contribution < -0.4 is 9.62 Å². The molecule has 0 spiro atoms. The average Bonchev–Trinajstić information content (AvgIpc) is 2.71. The molecule has 1 amide bonds. The third-order valence-electron chi connectivity index (χ3n) is 4.12. The highest BCUT2D eigenvalue weighted by Crippen LogP contribution is 2.21. The fourth-order valence-corrected chi connectivity index (χ4v) is 4.10. The molecule has 0 fully saturated rings. The first kappa shape index (κ1) is 20.1. The van der Waals surface area contributed by atoms with Gasteiger partial charge in [-0.3, -0.25) is 9.52 Å². The monoisotopic (exact) mass is 458 g/mol. The summed E-state index contributed by atoms with van der Waals surface area (Å²) in [7, 11) is -3.82. The topological polar surface area (TPSA) is 66.5 Å². The van der Waals surface area contributed by atoms with E-state index in [0.29, 0.717) is 17.8 Å². The van der Waals surface area contributed by atoms with Crippen LogP contribution in [0, 0.1) is 0 Å². The maximum Gasteiger partial charge on any atom is 0.261 e. The lowest BCUT2D eigenvalue weighted by Crippen LogP contribution is -2.30. The van der Waals surface area contributed by atoms with Crippen molar-refractivity contribution in [2.45, 2.75) is 11.8 Å². The highest BCUT2D eigenvalue weighted by Gasteiger charge is 2.20. The molecule has 0 radical (unpaired) electrons. The van der Waals surface area contributed by atoms with Gasteiger partial charge in [0.05, 0.1) is 4.90 Å². The molecule has 7 heteroatoms. The lowest BCUT2D eigenvalue weighted by molar-refractivity contribution is 0.0988. The summed E-state index contributed by atoms with van der Waals surface area (Å²) in [5, 5.41) is 0. The van der Waals surface area contributed by atoms with Gasteiger partial charge in [-0.05, 0) is 61.5 Å². The molecule has 28 heavy (non-hydrogen) atoms. The highest BCUT2D eigenvalue weighted by molar-refractivity contribution is 9.10. The minimum absolute atomic E-state index is 0.0328. The summed E-state index contributed by atoms with van der Waals surface area (Å²) in [6.07, 6.45) is 0. The number of halogens is 1. The van der Waals surface area contributed by atoms with Crippen LogP contribution in [0.15, 0.2) is 88.2 Å². The molecule has 3 rings (SSSR count). The van der Waals surface area contributed by atoms with E-state index in [1.54, 1.807) is 41.3 Å². The van der Waals surface area contributed by atoms with Gasteiger partial charge in [0.25, 0.3) is 15.9 Å². The van der Waals surface area contributed by atoms with Crippen LogP contribution >= 0.6 is 15.9 Å². The van der Waals surface area contributed by atoms with Gasteiger partial charge in [-0.2, -0.15) is 0 Å². The molecular formula is C21H19BrN2O3S. The van der Waals surface area contributed by atoms with Crippen molar-refractivity contribution >= 4 is 43.2 Å². The number of hydrogen-bond acceptors (Lipinski definition) is 3. The number of carbonyl (C=O) groups excluding carboxylic acids is 1. The molecule has 0 aliphatic heterocycles. The van der Waals surface area contributed by atoms with E-state index < -0.39 is 10.0 Å². The smallest absolute Gasteiger partial charge is 0.261 e. The van der Waals surface area contributed by atoms with Crippen LogP contribution in [0.5, 0.6) is 0 Å². The summed E-state index contributed by atoms with van der Waals surface area (Å²) in [6, 6.07) is 22.1. The van der Waals surface area contributed by atoms with Crippen molar-refractivity contribution < 1.29 is 13.2 Å². The molecule has 0 heterocycles. The number of hydrogen-bond donors (Lipinski definition) is 1. The zero-order chi connectivity index (χ0) is 20.1. The molecule has 0 bridgehead atoms. The van der Waals surface area contributed by atoms with E-state index in [9.17, 15) is 13.2 Å². The Morgan fingerprint density at radius 2 is 1.64 bits per heavy atom. The van der Waals surface area contributed by atoms with E-state index >= 15 is 0 Å². The zero-order valence-corrected chi connectivity index (χ0v) is 17.6. The van der Waals surface area contributed by atoms with Crippen LogP contribution in [0.1, 0.15) is 17.3 Å². The van der Waals surface area contributed by atoms with Gasteiger partial charge in [-0.1, -0.05) is 40.2 Å². The average molecular weight is 459 g/mol. The Morgan fingerprint density at radius 3 is 2.29 bits per heavy atom. The Kier molecular flexibility index (Phi) is 6.16. The van der Waals surface area contributed by atoms with Crippen LogP contribution in [0.4, 0.5) is 11.4 Å². The van der Waals surface area contributed by atoms with Crippen molar-refractivity contribution in [3.63, 3.8) is 0 Å². The van der Waals surface area contributed by atoms with Crippen LogP contribution in [-0.2, 0) is 10.0 Å². The van der Waals surface area contributed by atoms with Gasteiger partial charge in [0.2, 0.25) is 0 Å². The van der Waals surface area contributed by atoms with Gasteiger partial charge in [-0.15, -0.1) is 0 Å². The van der Waals surface area contributed by atoms with Crippen molar-refractivity contribution in [3.8, 4) is 0 Å². The van der Waals surface area contributed by atoms with Crippen molar-refractivity contribution in [3.05, 3.63) is 88.9 Å². The molecule has 5 nitrogen and oxygen atoms in total. The van der Waals surface area contributed by atoms with Crippen molar-refractivity contribution in [1.82, 2.24) is 0 Å². The Morgan fingerprint density at radius 1 is 0.964 bits per heavy atom. The number of para-hydroxylation sites is 1. The fourth-order valence-electron chi connectivity index (χ4n) is 2.74. The van der Waals surface area contributed by atoms with E-state index in [4.69, 9.17) is 0 Å². The second kappa shape index (κ2) is 8.58. The summed E-state index contributed by atoms with van der Waals surface area (Å²) in [6.45, 7) is 2.34. The van der Waals surface area contributed by atoms with Gasteiger partial charge in [0, 0.05) is 28.0 Å². The summed E-state index contributed by atoms with van der Waals surface area (Å²) < 4.78 is 28.8. The van der Waals surface area contributed by atoms with E-state index in [2.05, 4.69) is 20.7 Å². The molecule has 0 aliphatic carbocycles. The standard InChI is InChI=1S/C21H19BrN2O3S/c1-2-24(19-8-4-3-5-9-19)21(25)16-7-6-10-20(15-16)28(26,27)23-18-13-11-17(22)12-14-18/h3-15,23H,2H2,1H3. The number of nitrogens with one attached hydrogen (secondary N) is 1. The Balaban J connectivity index is 1.88. The number of carbonyl (C=O) groups is 1. The molecule has 144 valence electrons. The Labute approximate surface area is 173 Å². The maximum atomic E-state index is 13.0. The predicted molar refractivity (Wildman–Crippen MR) is 115 cm³/mol. The molecule has 3 aromatic carbocycles. The lowest BCUT2D eigenvalue weighted by atomic mass is 10.2. The summed E-state index contributed by atoms with van der Waals surface area (Å²) in [4.78, 5) is 14.6. The number of benzene rings is 3. The third kappa shape index (κ3) is 4.61. The first-order valence-corrected chi connectivity index (χ1v) is 10.9. The molecule has 0 unspecified atom stereocenters. The van der Waals surface area contributed by atoms with Crippen molar-refractivity contribution in [2.24, 2.45) is 0 Å². The van der Waals surface area contributed by atoms with Gasteiger partial charge < -0.3 is 4.90 Å². The van der Waals surface area contributed by atoms with Crippen LogP contribution in [-0.4, -0.2) is 20.9 Å². The number of amides is 1. The second-order valence-electron chi connectivity index (χ2n) is 6.03. The Hall–Kier alpha value is -2.64. The molecule has 0 aliphatic rings. The number of sulfonamides is 1. The number of rotatable bonds is 6. The van der Waals surface area contributed by atoms with E-state index in [1.807, 2.05) is 37.3 Å². The van der Waals surface area contributed by atoms with Crippen LogP contribution in [0.3, 0.4) is 0 Å². The first-order chi connectivity index (χ1) is 13.4. The minimum atomic E-state index is -3.82. The minimum Gasteiger partial charge on any atom is -0.309 e. The van der Waals surface area contributed by atoms with Gasteiger partial charge in [-0.25, -0.2) is 8.42 Å². The largest absolute Gasteiger partial charge is 0.309 e. The second-order valence-corrected chi connectivity index (χ2v) is 8.62. The SMILES string of the molecule is CCN(C(=O)c1cccc(S(=O)(=O)Nc2ccc(Br)cc2)c1)c1ccccc1. The number of nitrogens with zero attached hydrogens (tertiary/aromatic N) is 1. The maximum absolute atomic E-state index is 13.0. The van der Waals surface area contributed by atoms with Crippen molar-refractivity contribution in [2.75, 3.05) is 16.2 Å². The first-order valence-electron chi connectivity index (χ1n) is 8.66. The molecule has 1 N–H and O–H groups in total. The molecule has 3 aromatic rings. The summed E-state index contributed by atoms with van der Waals surface area (Å²) >= 11 is 3.32. The van der Waals surface area contributed by atoms with E-state index in [1.165, 1.54) is 12.1 Å². The zero-order valence-electron chi connectivity index (χ0n) is 15.2. The van der Waals surface area contributed by atoms with Crippen molar-refractivity contribution in [1.29, 1.82) is 0 Å². The Bertz CT molecular complexity index is 1070. The van der Waals surface area contributed by atoms with E-state index in [0.717, 1.165) is 10.2 Å². The molecular weight excluding hydrogens is 440 g/mol. The normalized spacial score (nSPS) is 11.1. The van der Waals surface area contributed by atoms with Crippen LogP contribution in [0.2, 0.25) is 0 Å². The van der Waals surface area contributed by atoms with Gasteiger partial charge >= 0.3 is 0 Å². The number of anilines is 2. The van der Waals surface area contributed by atoms with Gasteiger partial charge in [0.15, 0.2) is 0 Å². The molecule has 0 saturated heterocycles. The molecule has 0 aromatic heterocycles. The highest BCUT2D eigenvalue weighted by atomic mass is 79.9. The third-order valence-corrected chi connectivity index (χ3v) is 6.02.